The maximum Gasteiger partial charge on any atom is 0.231 e. The highest BCUT2D eigenvalue weighted by Gasteiger charge is 2.24. The van der Waals surface area contributed by atoms with Crippen molar-refractivity contribution in [2.75, 3.05) is 11.9 Å². The zero-order valence-electron chi connectivity index (χ0n) is 12.7. The minimum absolute atomic E-state index is 0.0594. The van der Waals surface area contributed by atoms with Crippen molar-refractivity contribution in [2.45, 2.75) is 18.9 Å². The Bertz CT molecular complexity index is 826. The number of hydrogen-bond acceptors (Lipinski definition) is 3. The van der Waals surface area contributed by atoms with Gasteiger partial charge in [0, 0.05) is 19.2 Å². The molecule has 1 heterocycles. The van der Waals surface area contributed by atoms with Crippen LogP contribution in [0.5, 0.6) is 0 Å². The topological polar surface area (TPSA) is 70.1 Å². The third-order valence-corrected chi connectivity index (χ3v) is 4.15. The summed E-state index contributed by atoms with van der Waals surface area (Å²) in [6, 6.07) is 11.8. The van der Waals surface area contributed by atoms with Gasteiger partial charge in [0.1, 0.15) is 5.82 Å². The number of rotatable bonds is 3. The maximum atomic E-state index is 14.2. The quantitative estimate of drug-likeness (QED) is 0.946. The molecule has 3 rings (SSSR count). The molecule has 1 atom stereocenters. The van der Waals surface area contributed by atoms with Crippen LogP contribution in [0.1, 0.15) is 11.1 Å². The second-order valence-electron chi connectivity index (χ2n) is 5.72. The number of fused-ring (bicyclic) bond motifs is 1. The summed E-state index contributed by atoms with van der Waals surface area (Å²) in [6.45, 7) is 0. The van der Waals surface area contributed by atoms with Crippen LogP contribution in [0.3, 0.4) is 0 Å². The van der Waals surface area contributed by atoms with E-state index in [0.29, 0.717) is 12.0 Å². The number of likely N-dealkylation sites (N-methyl/N-ethyl adjacent to an activating group) is 1. The first-order valence-corrected chi connectivity index (χ1v) is 7.33. The van der Waals surface area contributed by atoms with E-state index in [1.807, 2.05) is 24.3 Å². The van der Waals surface area contributed by atoms with Crippen LogP contribution >= 0.6 is 0 Å². The molecule has 0 saturated carbocycles. The lowest BCUT2D eigenvalue weighted by atomic mass is 9.99. The van der Waals surface area contributed by atoms with Gasteiger partial charge in [0.25, 0.3) is 0 Å². The molecule has 0 spiro atoms. The molecule has 1 aliphatic rings. The molecule has 2 N–H and O–H groups in total. The van der Waals surface area contributed by atoms with E-state index in [1.54, 1.807) is 24.1 Å². The molecule has 1 aliphatic heterocycles. The average molecular weight is 309 g/mol. The smallest absolute Gasteiger partial charge is 0.231 e. The normalized spacial score (nSPS) is 14.5. The van der Waals surface area contributed by atoms with Crippen molar-refractivity contribution in [3.8, 4) is 17.2 Å². The molecule has 0 unspecified atom stereocenters. The number of benzene rings is 2. The van der Waals surface area contributed by atoms with Gasteiger partial charge in [0.05, 0.1) is 18.5 Å². The van der Waals surface area contributed by atoms with Gasteiger partial charge in [-0.25, -0.2) is 4.39 Å². The van der Waals surface area contributed by atoms with Crippen molar-refractivity contribution in [2.24, 2.45) is 5.73 Å². The van der Waals surface area contributed by atoms with E-state index in [9.17, 15) is 9.18 Å². The van der Waals surface area contributed by atoms with E-state index in [1.165, 1.54) is 6.07 Å². The van der Waals surface area contributed by atoms with Gasteiger partial charge in [-0.3, -0.25) is 4.79 Å². The number of amides is 1. The lowest BCUT2D eigenvalue weighted by Gasteiger charge is -2.12. The van der Waals surface area contributed by atoms with Crippen LogP contribution in [0.4, 0.5) is 10.1 Å². The molecule has 4 nitrogen and oxygen atoms in total. The molecule has 116 valence electrons. The SMILES string of the molecule is CN1C(=O)Cc2ccc(-c3ccc(C[C@H](N)C#N)c(F)c3)cc21. The van der Waals surface area contributed by atoms with E-state index in [-0.39, 0.29) is 18.1 Å². The Kier molecular flexibility index (Phi) is 3.85. The van der Waals surface area contributed by atoms with Crippen molar-refractivity contribution in [3.05, 3.63) is 53.3 Å². The fraction of sp³-hybridized carbons (Fsp3) is 0.222. The Hall–Kier alpha value is -2.71. The van der Waals surface area contributed by atoms with Gasteiger partial charge < -0.3 is 10.6 Å². The number of hydrogen-bond donors (Lipinski definition) is 1. The van der Waals surface area contributed by atoms with Gasteiger partial charge in [-0.1, -0.05) is 24.3 Å². The first kappa shape index (κ1) is 15.2. The second kappa shape index (κ2) is 5.82. The Labute approximate surface area is 133 Å². The molecule has 0 aliphatic carbocycles. The van der Waals surface area contributed by atoms with Gasteiger partial charge in [-0.05, 0) is 34.4 Å². The zero-order chi connectivity index (χ0) is 16.6. The molecular weight excluding hydrogens is 293 g/mol. The number of halogens is 1. The third-order valence-electron chi connectivity index (χ3n) is 4.15. The summed E-state index contributed by atoms with van der Waals surface area (Å²) in [5.41, 5.74) is 9.40. The highest BCUT2D eigenvalue weighted by Crippen LogP contribution is 2.33. The molecule has 2 aromatic carbocycles. The van der Waals surface area contributed by atoms with Crippen molar-refractivity contribution >= 4 is 11.6 Å². The Balaban J connectivity index is 1.93. The van der Waals surface area contributed by atoms with Gasteiger partial charge in [0.2, 0.25) is 5.91 Å². The standard InChI is InChI=1S/C18H16FN3O/c1-22-17-8-12(3-5-14(17)9-18(22)23)11-2-4-13(16(19)7-11)6-15(21)10-20/h2-5,7-8,15H,6,9,21H2,1H3/t15-/m0/s1. The molecule has 0 fully saturated rings. The second-order valence-corrected chi connectivity index (χ2v) is 5.72. The highest BCUT2D eigenvalue weighted by atomic mass is 19.1. The molecule has 0 aromatic heterocycles. The van der Waals surface area contributed by atoms with E-state index in [0.717, 1.165) is 22.4 Å². The summed E-state index contributed by atoms with van der Waals surface area (Å²) in [4.78, 5) is 13.4. The summed E-state index contributed by atoms with van der Waals surface area (Å²) in [6.07, 6.45) is 0.593. The molecule has 0 bridgehead atoms. The number of nitrogens with zero attached hydrogens (tertiary/aromatic N) is 2. The van der Waals surface area contributed by atoms with Crippen molar-refractivity contribution in [1.29, 1.82) is 5.26 Å². The van der Waals surface area contributed by atoms with E-state index in [4.69, 9.17) is 11.0 Å². The van der Waals surface area contributed by atoms with E-state index < -0.39 is 6.04 Å². The number of carbonyl (C=O) groups excluding carboxylic acids is 1. The Morgan fingerprint density at radius 3 is 2.70 bits per heavy atom. The molecule has 2 aromatic rings. The lowest BCUT2D eigenvalue weighted by Crippen LogP contribution is -2.20. The summed E-state index contributed by atoms with van der Waals surface area (Å²) in [7, 11) is 1.74. The Morgan fingerprint density at radius 1 is 1.30 bits per heavy atom. The van der Waals surface area contributed by atoms with Crippen LogP contribution in [0.2, 0.25) is 0 Å². The van der Waals surface area contributed by atoms with Gasteiger partial charge in [-0.2, -0.15) is 5.26 Å². The van der Waals surface area contributed by atoms with E-state index >= 15 is 0 Å². The van der Waals surface area contributed by atoms with Crippen LogP contribution in [0, 0.1) is 17.1 Å². The predicted octanol–water partition coefficient (Wildman–Crippen LogP) is 2.40. The van der Waals surface area contributed by atoms with Crippen LogP contribution < -0.4 is 10.6 Å². The first-order chi connectivity index (χ1) is 11.0. The molecule has 0 radical (unpaired) electrons. The fourth-order valence-corrected chi connectivity index (χ4v) is 2.80. The van der Waals surface area contributed by atoms with Crippen molar-refractivity contribution < 1.29 is 9.18 Å². The molecule has 23 heavy (non-hydrogen) atoms. The summed E-state index contributed by atoms with van der Waals surface area (Å²) in [5, 5.41) is 8.73. The van der Waals surface area contributed by atoms with Crippen LogP contribution in [0.25, 0.3) is 11.1 Å². The van der Waals surface area contributed by atoms with Crippen LogP contribution in [0.15, 0.2) is 36.4 Å². The fourth-order valence-electron chi connectivity index (χ4n) is 2.80. The van der Waals surface area contributed by atoms with Crippen molar-refractivity contribution in [3.63, 3.8) is 0 Å². The number of anilines is 1. The molecular formula is C18H16FN3O. The third kappa shape index (κ3) is 2.81. The van der Waals surface area contributed by atoms with Crippen molar-refractivity contribution in [1.82, 2.24) is 0 Å². The highest BCUT2D eigenvalue weighted by molar-refractivity contribution is 6.01. The van der Waals surface area contributed by atoms with Gasteiger partial charge >= 0.3 is 0 Å². The number of nitrogens with two attached hydrogens (primary N) is 1. The van der Waals surface area contributed by atoms with Gasteiger partial charge in [0.15, 0.2) is 0 Å². The molecule has 5 heteroatoms. The van der Waals surface area contributed by atoms with Crippen LogP contribution in [-0.4, -0.2) is 19.0 Å². The lowest BCUT2D eigenvalue weighted by molar-refractivity contribution is -0.117. The Morgan fingerprint density at radius 2 is 2.00 bits per heavy atom. The minimum atomic E-state index is -0.713. The maximum absolute atomic E-state index is 14.2. The minimum Gasteiger partial charge on any atom is -0.316 e. The number of nitriles is 1. The largest absolute Gasteiger partial charge is 0.316 e. The summed E-state index contributed by atoms with van der Waals surface area (Å²) in [5.74, 6) is -0.317. The summed E-state index contributed by atoms with van der Waals surface area (Å²) < 4.78 is 14.2. The summed E-state index contributed by atoms with van der Waals surface area (Å²) >= 11 is 0. The average Bonchev–Trinajstić information content (AvgIpc) is 2.83. The van der Waals surface area contributed by atoms with Crippen LogP contribution in [-0.2, 0) is 17.6 Å². The van der Waals surface area contributed by atoms with E-state index in [2.05, 4.69) is 0 Å². The molecule has 0 saturated heterocycles. The first-order valence-electron chi connectivity index (χ1n) is 7.33. The van der Waals surface area contributed by atoms with Gasteiger partial charge in [-0.15, -0.1) is 0 Å². The predicted molar refractivity (Wildman–Crippen MR) is 86.2 cm³/mol. The number of carbonyl (C=O) groups is 1. The monoisotopic (exact) mass is 309 g/mol. The molecule has 1 amide bonds. The zero-order valence-corrected chi connectivity index (χ0v) is 12.7.